The quantitative estimate of drug-likeness (QED) is 0.829. The Morgan fingerprint density at radius 2 is 2.00 bits per heavy atom. The molecule has 4 rings (SSSR count). The molecule has 0 spiro atoms. The highest BCUT2D eigenvalue weighted by molar-refractivity contribution is 5.83. The Kier molecular flexibility index (Phi) is 3.95. The summed E-state index contributed by atoms with van der Waals surface area (Å²) in [4.78, 5) is 14.8. The van der Waals surface area contributed by atoms with E-state index >= 15 is 0 Å². The van der Waals surface area contributed by atoms with Crippen LogP contribution in [0.15, 0.2) is 16.5 Å². The van der Waals surface area contributed by atoms with Crippen molar-refractivity contribution in [3.63, 3.8) is 0 Å². The molecule has 2 aromatic rings. The maximum atomic E-state index is 13.1. The minimum absolute atomic E-state index is 0.0596. The number of fused-ring (bicyclic) bond motifs is 1. The fourth-order valence-electron chi connectivity index (χ4n) is 3.35. The molecule has 2 unspecified atom stereocenters. The second kappa shape index (κ2) is 6.15. The third kappa shape index (κ3) is 2.89. The number of hydrogen-bond acceptors (Lipinski definition) is 6. The van der Waals surface area contributed by atoms with Gasteiger partial charge in [-0.2, -0.15) is 0 Å². The predicted octanol–water partition coefficient (Wildman–Crippen LogP) is 1.90. The number of aryl methyl sites for hydroxylation is 3. The lowest BCUT2D eigenvalue weighted by molar-refractivity contribution is -0.148. The van der Waals surface area contributed by atoms with Crippen molar-refractivity contribution in [2.24, 2.45) is 0 Å². The Bertz CT molecular complexity index is 786. The van der Waals surface area contributed by atoms with Crippen molar-refractivity contribution >= 4 is 5.91 Å². The Hall–Kier alpha value is -2.41. The maximum absolute atomic E-state index is 13.1. The lowest BCUT2D eigenvalue weighted by Gasteiger charge is -2.34. The van der Waals surface area contributed by atoms with Crippen molar-refractivity contribution < 1.29 is 18.7 Å². The van der Waals surface area contributed by atoms with Crippen LogP contribution in [0.3, 0.4) is 0 Å². The molecule has 3 heterocycles. The summed E-state index contributed by atoms with van der Waals surface area (Å²) in [5, 5.41) is 7.92. The van der Waals surface area contributed by atoms with Gasteiger partial charge >= 0.3 is 0 Å². The summed E-state index contributed by atoms with van der Waals surface area (Å²) < 4.78 is 17.0. The molecule has 2 aliphatic rings. The van der Waals surface area contributed by atoms with Crippen LogP contribution in [0, 0.1) is 20.8 Å². The van der Waals surface area contributed by atoms with Crippen molar-refractivity contribution in [1.29, 1.82) is 0 Å². The van der Waals surface area contributed by atoms with Gasteiger partial charge in [0.2, 0.25) is 11.8 Å². The van der Waals surface area contributed by atoms with Crippen LogP contribution in [-0.2, 0) is 16.0 Å². The molecule has 2 atom stereocenters. The maximum Gasteiger partial charge on any atom is 0.264 e. The van der Waals surface area contributed by atoms with E-state index in [1.54, 1.807) is 11.8 Å². The van der Waals surface area contributed by atoms with Crippen LogP contribution >= 0.6 is 0 Å². The average molecular weight is 343 g/mol. The Morgan fingerprint density at radius 3 is 2.76 bits per heavy atom. The van der Waals surface area contributed by atoms with Crippen molar-refractivity contribution in [3.05, 3.63) is 40.6 Å². The van der Waals surface area contributed by atoms with E-state index in [2.05, 4.69) is 23.2 Å². The fraction of sp³-hybridized carbons (Fsp3) is 0.500. The summed E-state index contributed by atoms with van der Waals surface area (Å²) in [7, 11) is 0. The zero-order valence-electron chi connectivity index (χ0n) is 14.6. The molecule has 1 saturated heterocycles. The van der Waals surface area contributed by atoms with Gasteiger partial charge in [0.1, 0.15) is 11.8 Å². The van der Waals surface area contributed by atoms with Crippen molar-refractivity contribution in [2.45, 2.75) is 39.3 Å². The number of carbonyl (C=O) groups is 1. The summed E-state index contributed by atoms with van der Waals surface area (Å²) in [6.45, 7) is 7.18. The molecule has 132 valence electrons. The van der Waals surface area contributed by atoms with Crippen molar-refractivity contribution in [1.82, 2.24) is 15.1 Å². The number of carbonyl (C=O) groups excluding carboxylic acids is 1. The third-order valence-corrected chi connectivity index (χ3v) is 4.87. The van der Waals surface area contributed by atoms with Crippen LogP contribution in [0.5, 0.6) is 5.75 Å². The molecule has 1 aromatic heterocycles. The van der Waals surface area contributed by atoms with E-state index in [1.165, 1.54) is 5.56 Å². The van der Waals surface area contributed by atoms with Crippen LogP contribution in [-0.4, -0.2) is 46.9 Å². The fourth-order valence-corrected chi connectivity index (χ4v) is 3.35. The van der Waals surface area contributed by atoms with E-state index in [0.29, 0.717) is 38.0 Å². The zero-order chi connectivity index (χ0) is 17.6. The molecule has 25 heavy (non-hydrogen) atoms. The summed E-state index contributed by atoms with van der Waals surface area (Å²) in [6, 6.07) is 3.75. The molecule has 1 fully saturated rings. The van der Waals surface area contributed by atoms with Gasteiger partial charge < -0.3 is 18.8 Å². The number of hydrogen-bond donors (Lipinski definition) is 0. The zero-order valence-corrected chi connectivity index (χ0v) is 14.6. The topological polar surface area (TPSA) is 77.7 Å². The number of rotatable bonds is 2. The van der Waals surface area contributed by atoms with E-state index in [0.717, 1.165) is 16.9 Å². The molecule has 7 nitrogen and oxygen atoms in total. The lowest BCUT2D eigenvalue weighted by Crippen LogP contribution is -2.49. The number of nitrogens with zero attached hydrogens (tertiary/aromatic N) is 3. The minimum Gasteiger partial charge on any atom is -0.480 e. The second-order valence-electron chi connectivity index (χ2n) is 6.64. The van der Waals surface area contributed by atoms with E-state index in [4.69, 9.17) is 13.9 Å². The molecule has 0 bridgehead atoms. The van der Waals surface area contributed by atoms with Gasteiger partial charge in [0.25, 0.3) is 5.91 Å². The minimum atomic E-state index is -0.513. The number of aromatic nitrogens is 2. The van der Waals surface area contributed by atoms with E-state index in [1.807, 2.05) is 13.0 Å². The third-order valence-electron chi connectivity index (χ3n) is 4.87. The van der Waals surface area contributed by atoms with E-state index in [9.17, 15) is 4.79 Å². The molecule has 0 N–H and O–H groups in total. The van der Waals surface area contributed by atoms with Gasteiger partial charge in [0.15, 0.2) is 6.10 Å². The Balaban J connectivity index is 1.55. The highest BCUT2D eigenvalue weighted by Gasteiger charge is 2.39. The highest BCUT2D eigenvalue weighted by Crippen LogP contribution is 2.33. The van der Waals surface area contributed by atoms with Gasteiger partial charge in [-0.25, -0.2) is 0 Å². The molecule has 0 aliphatic carbocycles. The summed E-state index contributed by atoms with van der Waals surface area (Å²) in [5.74, 6) is 1.63. The summed E-state index contributed by atoms with van der Waals surface area (Å²) in [5.41, 5.74) is 3.46. The number of morpholine rings is 1. The smallest absolute Gasteiger partial charge is 0.264 e. The molecule has 0 saturated carbocycles. The van der Waals surface area contributed by atoms with Gasteiger partial charge in [-0.3, -0.25) is 4.79 Å². The standard InChI is InChI=1S/C18H21N3O4/c1-10-6-13-8-16(25-15(13)7-11(10)2)18(22)21-4-5-23-9-14(21)17-20-19-12(3)24-17/h6-7,14,16H,4-5,8-9H2,1-3H3. The second-order valence-corrected chi connectivity index (χ2v) is 6.64. The van der Waals surface area contributed by atoms with Crippen molar-refractivity contribution in [3.8, 4) is 5.75 Å². The summed E-state index contributed by atoms with van der Waals surface area (Å²) in [6.07, 6.45) is 0.0724. The van der Waals surface area contributed by atoms with Gasteiger partial charge in [0.05, 0.1) is 13.2 Å². The monoisotopic (exact) mass is 343 g/mol. The van der Waals surface area contributed by atoms with Crippen LogP contribution in [0.2, 0.25) is 0 Å². The van der Waals surface area contributed by atoms with Crippen LogP contribution in [0.4, 0.5) is 0 Å². The molecule has 1 aromatic carbocycles. The molecular weight excluding hydrogens is 322 g/mol. The van der Waals surface area contributed by atoms with E-state index in [-0.39, 0.29) is 11.9 Å². The normalized spacial score (nSPS) is 22.6. The van der Waals surface area contributed by atoms with Gasteiger partial charge in [-0.05, 0) is 36.6 Å². The Labute approximate surface area is 145 Å². The predicted molar refractivity (Wildman–Crippen MR) is 88.3 cm³/mol. The van der Waals surface area contributed by atoms with Crippen LogP contribution in [0.25, 0.3) is 0 Å². The molecule has 7 heteroatoms. The first-order chi connectivity index (χ1) is 12.0. The van der Waals surface area contributed by atoms with Crippen molar-refractivity contribution in [2.75, 3.05) is 19.8 Å². The molecule has 2 aliphatic heterocycles. The van der Waals surface area contributed by atoms with Crippen LogP contribution < -0.4 is 4.74 Å². The molecule has 0 radical (unpaired) electrons. The Morgan fingerprint density at radius 1 is 1.20 bits per heavy atom. The summed E-state index contributed by atoms with van der Waals surface area (Å²) >= 11 is 0. The first-order valence-electron chi connectivity index (χ1n) is 8.48. The van der Waals surface area contributed by atoms with Gasteiger partial charge in [0, 0.05) is 19.9 Å². The lowest BCUT2D eigenvalue weighted by atomic mass is 10.0. The highest BCUT2D eigenvalue weighted by atomic mass is 16.5. The van der Waals surface area contributed by atoms with Gasteiger partial charge in [-0.15, -0.1) is 10.2 Å². The number of ether oxygens (including phenoxy) is 2. The van der Waals surface area contributed by atoms with Crippen LogP contribution in [0.1, 0.15) is 34.5 Å². The average Bonchev–Trinajstić information content (AvgIpc) is 3.21. The SMILES string of the molecule is Cc1nnc(C2COCCN2C(=O)C2Cc3cc(C)c(C)cc3O2)o1. The first-order valence-corrected chi connectivity index (χ1v) is 8.48. The molecular formula is C18H21N3O4. The van der Waals surface area contributed by atoms with E-state index < -0.39 is 6.10 Å². The largest absolute Gasteiger partial charge is 0.480 e. The van der Waals surface area contributed by atoms with Gasteiger partial charge in [-0.1, -0.05) is 6.07 Å². The first kappa shape index (κ1) is 16.1. The molecule has 1 amide bonds. The number of amides is 1. The number of benzene rings is 1.